The third-order valence-corrected chi connectivity index (χ3v) is 3.78. The third-order valence-electron chi connectivity index (χ3n) is 2.38. The first kappa shape index (κ1) is 10.8. The highest BCUT2D eigenvalue weighted by molar-refractivity contribution is 7.84. The molecule has 1 fully saturated rings. The van der Waals surface area contributed by atoms with Crippen LogP contribution in [-0.4, -0.2) is 22.7 Å². The Balaban J connectivity index is 1.99. The molecule has 1 aliphatic rings. The lowest BCUT2D eigenvalue weighted by atomic mass is 10.1. The normalized spacial score (nSPS) is 21.3. The molecule has 1 heterocycles. The van der Waals surface area contributed by atoms with Crippen molar-refractivity contribution in [3.8, 4) is 0 Å². The first-order valence-corrected chi connectivity index (χ1v) is 6.66. The fourth-order valence-electron chi connectivity index (χ4n) is 1.77. The smallest absolute Gasteiger partial charge is 0.0924 e. The molecule has 0 saturated carbocycles. The van der Waals surface area contributed by atoms with Crippen LogP contribution < -0.4 is 0 Å². The molecular formula is C12H16O2S. The Labute approximate surface area is 93.1 Å². The quantitative estimate of drug-likeness (QED) is 0.732. The molecule has 1 saturated heterocycles. The van der Waals surface area contributed by atoms with Gasteiger partial charge in [-0.15, -0.1) is 0 Å². The van der Waals surface area contributed by atoms with Crippen molar-refractivity contribution in [1.82, 2.24) is 0 Å². The molecule has 2 rings (SSSR count). The van der Waals surface area contributed by atoms with Crippen LogP contribution in [0.5, 0.6) is 0 Å². The molecule has 0 aromatic heterocycles. The highest BCUT2D eigenvalue weighted by atomic mass is 32.2. The standard InChI is InChI=1S/C12H16O2S/c1-9-3-10(2)5-11(4-9)7-15(13)8-12-6-14-12/h3-5,12H,6-8H2,1-2H3. The van der Waals surface area contributed by atoms with Crippen molar-refractivity contribution in [3.05, 3.63) is 34.9 Å². The van der Waals surface area contributed by atoms with Crippen molar-refractivity contribution < 1.29 is 8.95 Å². The van der Waals surface area contributed by atoms with E-state index < -0.39 is 10.8 Å². The SMILES string of the molecule is Cc1cc(C)cc(CS(=O)CC2CO2)c1. The van der Waals surface area contributed by atoms with Gasteiger partial charge in [-0.1, -0.05) is 29.3 Å². The first-order valence-electron chi connectivity index (χ1n) is 5.17. The van der Waals surface area contributed by atoms with E-state index in [-0.39, 0.29) is 6.10 Å². The van der Waals surface area contributed by atoms with Gasteiger partial charge in [0.15, 0.2) is 0 Å². The molecule has 3 heteroatoms. The van der Waals surface area contributed by atoms with E-state index >= 15 is 0 Å². The first-order chi connectivity index (χ1) is 7.13. The second kappa shape index (κ2) is 4.45. The fraction of sp³-hybridized carbons (Fsp3) is 0.500. The van der Waals surface area contributed by atoms with Crippen molar-refractivity contribution in [2.24, 2.45) is 0 Å². The summed E-state index contributed by atoms with van der Waals surface area (Å²) in [5.41, 5.74) is 3.65. The lowest BCUT2D eigenvalue weighted by molar-refractivity contribution is 0.424. The largest absolute Gasteiger partial charge is 0.372 e. The van der Waals surface area contributed by atoms with Gasteiger partial charge in [0.2, 0.25) is 0 Å². The number of aryl methyl sites for hydroxylation is 2. The molecule has 0 N–H and O–H groups in total. The van der Waals surface area contributed by atoms with Gasteiger partial charge in [-0.3, -0.25) is 4.21 Å². The van der Waals surface area contributed by atoms with Gasteiger partial charge < -0.3 is 4.74 Å². The lowest BCUT2D eigenvalue weighted by Crippen LogP contribution is -2.06. The number of hydrogen-bond donors (Lipinski definition) is 0. The van der Waals surface area contributed by atoms with Crippen molar-refractivity contribution in [3.63, 3.8) is 0 Å². The van der Waals surface area contributed by atoms with E-state index in [0.29, 0.717) is 11.5 Å². The monoisotopic (exact) mass is 224 g/mol. The van der Waals surface area contributed by atoms with E-state index in [2.05, 4.69) is 32.0 Å². The minimum Gasteiger partial charge on any atom is -0.372 e. The molecule has 15 heavy (non-hydrogen) atoms. The van der Waals surface area contributed by atoms with Crippen LogP contribution in [0.4, 0.5) is 0 Å². The molecule has 0 radical (unpaired) electrons. The summed E-state index contributed by atoms with van der Waals surface area (Å²) in [6.07, 6.45) is 0.261. The Morgan fingerprint density at radius 2 is 1.93 bits per heavy atom. The molecule has 0 amide bonds. The van der Waals surface area contributed by atoms with Gasteiger partial charge in [0, 0.05) is 16.6 Å². The van der Waals surface area contributed by atoms with Gasteiger partial charge in [0.05, 0.1) is 18.5 Å². The zero-order chi connectivity index (χ0) is 10.8. The Bertz CT molecular complexity index is 363. The summed E-state index contributed by atoms with van der Waals surface area (Å²) in [7, 11) is -0.780. The molecule has 2 atom stereocenters. The highest BCUT2D eigenvalue weighted by Gasteiger charge is 2.24. The minimum atomic E-state index is -0.780. The summed E-state index contributed by atoms with van der Waals surface area (Å²) in [6, 6.07) is 6.35. The zero-order valence-electron chi connectivity index (χ0n) is 9.16. The summed E-state index contributed by atoms with van der Waals surface area (Å²) in [5.74, 6) is 1.34. The number of epoxide rings is 1. The lowest BCUT2D eigenvalue weighted by Gasteiger charge is -2.04. The summed E-state index contributed by atoms with van der Waals surface area (Å²) in [4.78, 5) is 0. The maximum atomic E-state index is 11.7. The molecule has 1 aromatic rings. The number of ether oxygens (including phenoxy) is 1. The molecule has 2 unspecified atom stereocenters. The maximum absolute atomic E-state index is 11.7. The highest BCUT2D eigenvalue weighted by Crippen LogP contribution is 2.15. The van der Waals surface area contributed by atoms with E-state index in [1.165, 1.54) is 16.7 Å². The summed E-state index contributed by atoms with van der Waals surface area (Å²) >= 11 is 0. The topological polar surface area (TPSA) is 29.6 Å². The number of hydrogen-bond acceptors (Lipinski definition) is 2. The maximum Gasteiger partial charge on any atom is 0.0924 e. The van der Waals surface area contributed by atoms with Crippen LogP contribution in [0.25, 0.3) is 0 Å². The molecule has 2 nitrogen and oxygen atoms in total. The van der Waals surface area contributed by atoms with Crippen molar-refractivity contribution in [2.75, 3.05) is 12.4 Å². The van der Waals surface area contributed by atoms with Crippen molar-refractivity contribution >= 4 is 10.8 Å². The summed E-state index contributed by atoms with van der Waals surface area (Å²) in [6.45, 7) is 4.94. The second-order valence-corrected chi connectivity index (χ2v) is 5.70. The predicted octanol–water partition coefficient (Wildman–Crippen LogP) is 1.95. The molecule has 0 spiro atoms. The third kappa shape index (κ3) is 3.43. The Kier molecular flexibility index (Phi) is 3.22. The van der Waals surface area contributed by atoms with Crippen LogP contribution >= 0.6 is 0 Å². The minimum absolute atomic E-state index is 0.261. The van der Waals surface area contributed by atoms with Crippen LogP contribution in [-0.2, 0) is 21.3 Å². The second-order valence-electron chi connectivity index (χ2n) is 4.20. The Morgan fingerprint density at radius 3 is 2.47 bits per heavy atom. The Morgan fingerprint density at radius 1 is 1.33 bits per heavy atom. The van der Waals surface area contributed by atoms with Gasteiger partial charge in [-0.05, 0) is 19.4 Å². The van der Waals surface area contributed by atoms with E-state index in [4.69, 9.17) is 4.74 Å². The summed E-state index contributed by atoms with van der Waals surface area (Å²) in [5, 5.41) is 0. The van der Waals surface area contributed by atoms with Gasteiger partial charge >= 0.3 is 0 Å². The van der Waals surface area contributed by atoms with Gasteiger partial charge in [-0.25, -0.2) is 0 Å². The van der Waals surface area contributed by atoms with E-state index in [1.54, 1.807) is 0 Å². The van der Waals surface area contributed by atoms with Crippen molar-refractivity contribution in [2.45, 2.75) is 25.7 Å². The summed E-state index contributed by atoms with van der Waals surface area (Å²) < 4.78 is 16.8. The molecule has 1 aromatic carbocycles. The fourth-order valence-corrected chi connectivity index (χ4v) is 3.03. The average molecular weight is 224 g/mol. The van der Waals surface area contributed by atoms with Gasteiger partial charge in [-0.2, -0.15) is 0 Å². The van der Waals surface area contributed by atoms with Crippen molar-refractivity contribution in [1.29, 1.82) is 0 Å². The van der Waals surface area contributed by atoms with Crippen LogP contribution in [0.2, 0.25) is 0 Å². The van der Waals surface area contributed by atoms with E-state index in [9.17, 15) is 4.21 Å². The molecule has 0 aliphatic carbocycles. The van der Waals surface area contributed by atoms with Crippen LogP contribution in [0.1, 0.15) is 16.7 Å². The van der Waals surface area contributed by atoms with Crippen LogP contribution in [0.15, 0.2) is 18.2 Å². The van der Waals surface area contributed by atoms with E-state index in [1.807, 2.05) is 0 Å². The van der Waals surface area contributed by atoms with Crippen LogP contribution in [0.3, 0.4) is 0 Å². The molecule has 0 bridgehead atoms. The number of benzene rings is 1. The van der Waals surface area contributed by atoms with Gasteiger partial charge in [0.25, 0.3) is 0 Å². The van der Waals surface area contributed by atoms with E-state index in [0.717, 1.165) is 6.61 Å². The van der Waals surface area contributed by atoms with Gasteiger partial charge in [0.1, 0.15) is 0 Å². The average Bonchev–Trinajstić information content (AvgIpc) is 2.85. The Hall–Kier alpha value is -0.670. The predicted molar refractivity (Wildman–Crippen MR) is 62.4 cm³/mol. The van der Waals surface area contributed by atoms with Crippen LogP contribution in [0, 0.1) is 13.8 Å². The molecular weight excluding hydrogens is 208 g/mol. The molecule has 82 valence electrons. The zero-order valence-corrected chi connectivity index (χ0v) is 9.97. The number of rotatable bonds is 4. The molecule has 1 aliphatic heterocycles.